The van der Waals surface area contributed by atoms with E-state index in [0.717, 1.165) is 76.2 Å². The number of amides is 2. The quantitative estimate of drug-likeness (QED) is 0.0782. The molecule has 4 N–H and O–H groups in total. The SMILES string of the molecule is C/C=C/C(=O)CC1CCC(C)C(CC(=O)NC[C@H](O)[C@H](C)C(=O)NCCC[C@H]2OC3(CCC[C@@H](CC[C@H](C)/C=C(\C)C(C)O)O3)CCC2C)O1. The summed E-state index contributed by atoms with van der Waals surface area (Å²) >= 11 is 0. The summed E-state index contributed by atoms with van der Waals surface area (Å²) in [5, 5.41) is 26.2. The average molecular weight is 705 g/mol. The Bertz CT molecular complexity index is 1140. The van der Waals surface area contributed by atoms with Gasteiger partial charge in [-0.25, -0.2) is 0 Å². The van der Waals surface area contributed by atoms with Crippen LogP contribution in [-0.4, -0.2) is 83.3 Å². The zero-order valence-electron chi connectivity index (χ0n) is 32.0. The van der Waals surface area contributed by atoms with Crippen LogP contribution in [0, 0.1) is 23.7 Å². The summed E-state index contributed by atoms with van der Waals surface area (Å²) < 4.78 is 19.5. The first-order valence-electron chi connectivity index (χ1n) is 19.5. The first-order chi connectivity index (χ1) is 23.7. The van der Waals surface area contributed by atoms with E-state index in [0.29, 0.717) is 24.8 Å². The van der Waals surface area contributed by atoms with Gasteiger partial charge in [0.15, 0.2) is 11.6 Å². The number of nitrogens with one attached hydrogen (secondary N) is 2. The molecule has 0 aromatic carbocycles. The van der Waals surface area contributed by atoms with Gasteiger partial charge in [0.25, 0.3) is 0 Å². The molecular formula is C40H68N2O8. The third-order valence-electron chi connectivity index (χ3n) is 11.2. The minimum atomic E-state index is -1.02. The molecule has 0 saturated carbocycles. The van der Waals surface area contributed by atoms with Gasteiger partial charge in [0.05, 0.1) is 49.0 Å². The molecule has 0 aromatic heterocycles. The van der Waals surface area contributed by atoms with Crippen molar-refractivity contribution in [2.24, 2.45) is 23.7 Å². The van der Waals surface area contributed by atoms with E-state index < -0.39 is 23.9 Å². The molecule has 11 atom stereocenters. The van der Waals surface area contributed by atoms with Crippen LogP contribution in [0.2, 0.25) is 0 Å². The van der Waals surface area contributed by atoms with Crippen molar-refractivity contribution in [3.63, 3.8) is 0 Å². The summed E-state index contributed by atoms with van der Waals surface area (Å²) in [6, 6.07) is 0. The fraction of sp³-hybridized carbons (Fsp3) is 0.825. The Hall–Kier alpha value is -2.11. The molecule has 3 rings (SSSR count). The Morgan fingerprint density at radius 2 is 1.64 bits per heavy atom. The molecule has 3 aliphatic rings. The van der Waals surface area contributed by atoms with Crippen molar-refractivity contribution in [1.29, 1.82) is 0 Å². The highest BCUT2D eigenvalue weighted by Gasteiger charge is 2.44. The maximum atomic E-state index is 12.9. The van der Waals surface area contributed by atoms with Crippen LogP contribution in [0.1, 0.15) is 132 Å². The fourth-order valence-corrected chi connectivity index (χ4v) is 7.51. The van der Waals surface area contributed by atoms with Gasteiger partial charge in [-0.15, -0.1) is 0 Å². The number of aliphatic hydroxyl groups is 2. The van der Waals surface area contributed by atoms with Crippen molar-refractivity contribution < 1.29 is 38.8 Å². The second kappa shape index (κ2) is 20.8. The van der Waals surface area contributed by atoms with Gasteiger partial charge in [-0.3, -0.25) is 14.4 Å². The largest absolute Gasteiger partial charge is 0.390 e. The standard InChI is InChI=1S/C40H68N2O8/c1-8-11-32(44)23-34-17-15-27(3)37(48-34)24-38(46)42-25-35(45)30(6)39(47)41-21-10-13-36-28(4)18-20-40(50-36)19-9-12-33(49-40)16-14-26(2)22-29(5)31(7)43/h8,11,22,26-28,30-31,33-37,43,45H,9-10,12-21,23-25H2,1-7H3,(H,41,47)(H,42,46)/b11-8+,29-22+/t26-,27?,28?,30-,31?,33-,34?,35-,36+,37?,40?/m0/s1. The molecular weight excluding hydrogens is 636 g/mol. The molecule has 3 fully saturated rings. The van der Waals surface area contributed by atoms with Crippen LogP contribution in [0.15, 0.2) is 23.8 Å². The van der Waals surface area contributed by atoms with Gasteiger partial charge in [-0.1, -0.05) is 39.8 Å². The predicted octanol–water partition coefficient (Wildman–Crippen LogP) is 5.93. The van der Waals surface area contributed by atoms with Crippen molar-refractivity contribution >= 4 is 17.6 Å². The summed E-state index contributed by atoms with van der Waals surface area (Å²) in [4.78, 5) is 37.6. The van der Waals surface area contributed by atoms with Crippen LogP contribution in [0.5, 0.6) is 0 Å². The van der Waals surface area contributed by atoms with Crippen LogP contribution in [0.4, 0.5) is 0 Å². The van der Waals surface area contributed by atoms with E-state index in [9.17, 15) is 24.6 Å². The summed E-state index contributed by atoms with van der Waals surface area (Å²) in [7, 11) is 0. The molecule has 2 amide bonds. The Labute approximate surface area is 301 Å². The lowest BCUT2D eigenvalue weighted by atomic mass is 9.85. The van der Waals surface area contributed by atoms with E-state index >= 15 is 0 Å². The molecule has 6 unspecified atom stereocenters. The number of ether oxygens (including phenoxy) is 3. The number of rotatable bonds is 18. The van der Waals surface area contributed by atoms with Gasteiger partial charge in [0, 0.05) is 32.4 Å². The topological polar surface area (TPSA) is 143 Å². The Morgan fingerprint density at radius 3 is 2.36 bits per heavy atom. The number of hydrogen-bond donors (Lipinski definition) is 4. The number of ketones is 1. The smallest absolute Gasteiger partial charge is 0.225 e. The van der Waals surface area contributed by atoms with Crippen molar-refractivity contribution in [3.05, 3.63) is 23.8 Å². The lowest BCUT2D eigenvalue weighted by Gasteiger charge is -2.48. The zero-order valence-corrected chi connectivity index (χ0v) is 32.0. The van der Waals surface area contributed by atoms with Crippen molar-refractivity contribution in [1.82, 2.24) is 10.6 Å². The molecule has 50 heavy (non-hydrogen) atoms. The van der Waals surface area contributed by atoms with Gasteiger partial charge in [-0.05, 0) is 108 Å². The molecule has 3 heterocycles. The Balaban J connectivity index is 1.36. The van der Waals surface area contributed by atoms with Crippen molar-refractivity contribution in [3.8, 4) is 0 Å². The molecule has 0 bridgehead atoms. The first kappa shape index (κ1) is 42.3. The van der Waals surface area contributed by atoms with Crippen molar-refractivity contribution in [2.45, 2.75) is 174 Å². The van der Waals surface area contributed by atoms with Crippen LogP contribution in [0.3, 0.4) is 0 Å². The lowest BCUT2D eigenvalue weighted by Crippen LogP contribution is -2.50. The molecule has 3 aliphatic heterocycles. The summed E-state index contributed by atoms with van der Waals surface area (Å²) in [5.74, 6) is -0.680. The predicted molar refractivity (Wildman–Crippen MR) is 195 cm³/mol. The van der Waals surface area contributed by atoms with Crippen LogP contribution in [-0.2, 0) is 28.6 Å². The normalized spacial score (nSPS) is 31.6. The summed E-state index contributed by atoms with van der Waals surface area (Å²) in [5.41, 5.74) is 1.01. The first-order valence-corrected chi connectivity index (χ1v) is 19.5. The average Bonchev–Trinajstić information content (AvgIpc) is 3.07. The fourth-order valence-electron chi connectivity index (χ4n) is 7.51. The van der Waals surface area contributed by atoms with E-state index in [1.54, 1.807) is 26.0 Å². The summed E-state index contributed by atoms with van der Waals surface area (Å²) in [6.45, 7) is 14.2. The second-order valence-corrected chi connectivity index (χ2v) is 15.7. The van der Waals surface area contributed by atoms with Gasteiger partial charge < -0.3 is 35.1 Å². The third kappa shape index (κ3) is 13.8. The zero-order chi connectivity index (χ0) is 36.8. The molecule has 10 heteroatoms. The Morgan fingerprint density at radius 1 is 0.900 bits per heavy atom. The monoisotopic (exact) mass is 704 g/mol. The summed E-state index contributed by atoms with van der Waals surface area (Å²) in [6.07, 6.45) is 14.5. The molecule has 1 spiro atoms. The molecule has 0 aromatic rings. The molecule has 0 radical (unpaired) electrons. The second-order valence-electron chi connectivity index (χ2n) is 15.7. The van der Waals surface area contributed by atoms with E-state index in [4.69, 9.17) is 14.2 Å². The van der Waals surface area contributed by atoms with Gasteiger partial charge in [0.2, 0.25) is 11.8 Å². The highest BCUT2D eigenvalue weighted by Crippen LogP contribution is 2.43. The molecule has 3 saturated heterocycles. The van der Waals surface area contributed by atoms with E-state index in [1.807, 2.05) is 20.8 Å². The number of hydrogen-bond acceptors (Lipinski definition) is 8. The number of allylic oxidation sites excluding steroid dienone is 3. The molecule has 0 aliphatic carbocycles. The minimum Gasteiger partial charge on any atom is -0.390 e. The van der Waals surface area contributed by atoms with Crippen LogP contribution in [0.25, 0.3) is 0 Å². The van der Waals surface area contributed by atoms with Crippen LogP contribution >= 0.6 is 0 Å². The molecule has 10 nitrogen and oxygen atoms in total. The Kier molecular flexibility index (Phi) is 17.6. The van der Waals surface area contributed by atoms with Gasteiger partial charge in [0.1, 0.15) is 0 Å². The number of aliphatic hydroxyl groups excluding tert-OH is 2. The van der Waals surface area contributed by atoms with E-state index in [1.165, 1.54) is 0 Å². The third-order valence-corrected chi connectivity index (χ3v) is 11.2. The highest BCUT2D eigenvalue weighted by atomic mass is 16.7. The van der Waals surface area contributed by atoms with Gasteiger partial charge >= 0.3 is 0 Å². The molecule has 286 valence electrons. The maximum absolute atomic E-state index is 12.9. The van der Waals surface area contributed by atoms with Crippen LogP contribution < -0.4 is 10.6 Å². The lowest BCUT2D eigenvalue weighted by molar-refractivity contribution is -0.324. The maximum Gasteiger partial charge on any atom is 0.225 e. The minimum absolute atomic E-state index is 0.0223. The van der Waals surface area contributed by atoms with Crippen molar-refractivity contribution in [2.75, 3.05) is 13.1 Å². The number of carbonyl (C=O) groups is 3. The number of carbonyl (C=O) groups excluding carboxylic acids is 3. The van der Waals surface area contributed by atoms with E-state index in [-0.39, 0.29) is 60.9 Å². The van der Waals surface area contributed by atoms with E-state index in [2.05, 4.69) is 30.6 Å². The highest BCUT2D eigenvalue weighted by molar-refractivity contribution is 5.89. The van der Waals surface area contributed by atoms with Gasteiger partial charge in [-0.2, -0.15) is 0 Å².